The Hall–Kier alpha value is -1.36. The van der Waals surface area contributed by atoms with Crippen LogP contribution in [0.15, 0.2) is 57.3 Å². The van der Waals surface area contributed by atoms with Gasteiger partial charge in [0.1, 0.15) is 5.71 Å². The Morgan fingerprint density at radius 1 is 1.31 bits per heavy atom. The molecule has 1 heterocycles. The number of fused-ring (bicyclic) bond motifs is 2. The highest BCUT2D eigenvalue weighted by atomic mass is 32.2. The number of allylic oxidation sites excluding steroid dienone is 2. The second kappa shape index (κ2) is 3.31. The van der Waals surface area contributed by atoms with E-state index in [0.29, 0.717) is 5.71 Å². The van der Waals surface area contributed by atoms with Crippen molar-refractivity contribution in [3.8, 4) is 0 Å². The predicted molar refractivity (Wildman–Crippen MR) is 65.8 cm³/mol. The summed E-state index contributed by atoms with van der Waals surface area (Å²) in [6, 6.07) is 7.82. The summed E-state index contributed by atoms with van der Waals surface area (Å²) in [5.41, 5.74) is 5.71. The van der Waals surface area contributed by atoms with Gasteiger partial charge in [-0.3, -0.25) is 5.73 Å². The Morgan fingerprint density at radius 2 is 2.12 bits per heavy atom. The van der Waals surface area contributed by atoms with E-state index in [0.717, 1.165) is 15.5 Å². The first-order valence-electron chi connectivity index (χ1n) is 4.94. The molecule has 1 unspecified atom stereocenters. The lowest BCUT2D eigenvalue weighted by Crippen LogP contribution is -2.47. The number of thioether (sulfide) groups is 1. The van der Waals surface area contributed by atoms with Crippen molar-refractivity contribution in [2.75, 3.05) is 0 Å². The fourth-order valence-electron chi connectivity index (χ4n) is 1.74. The molecule has 3 nitrogen and oxygen atoms in total. The molecule has 0 saturated heterocycles. The largest absolute Gasteiger partial charge is 0.367 e. The maximum Gasteiger partial charge on any atom is 0.177 e. The van der Waals surface area contributed by atoms with Crippen LogP contribution < -0.4 is 5.73 Å². The minimum atomic E-state index is -1.45. The number of aliphatic imine (C=N–C) groups is 1. The molecule has 1 atom stereocenters. The molecule has 0 amide bonds. The molecule has 0 aromatic heterocycles. The summed E-state index contributed by atoms with van der Waals surface area (Å²) >= 11 is 1.58. The number of rotatable bonds is 0. The van der Waals surface area contributed by atoms with Gasteiger partial charge in [-0.15, -0.1) is 0 Å². The number of para-hydroxylation sites is 1. The highest BCUT2D eigenvalue weighted by Crippen LogP contribution is 2.42. The molecular weight excluding hydrogens is 220 g/mol. The molecule has 0 radical (unpaired) electrons. The molecule has 1 aliphatic heterocycles. The van der Waals surface area contributed by atoms with Crippen molar-refractivity contribution >= 4 is 23.2 Å². The second-order valence-electron chi connectivity index (χ2n) is 3.75. The quantitative estimate of drug-likeness (QED) is 0.670. The first-order valence-corrected chi connectivity index (χ1v) is 5.76. The van der Waals surface area contributed by atoms with Crippen LogP contribution >= 0.6 is 11.8 Å². The molecule has 1 aromatic carbocycles. The van der Waals surface area contributed by atoms with E-state index in [-0.39, 0.29) is 0 Å². The number of nitrogens with zero attached hydrogens (tertiary/aromatic N) is 1. The molecule has 80 valence electrons. The molecule has 0 spiro atoms. The van der Waals surface area contributed by atoms with Crippen molar-refractivity contribution in [2.24, 2.45) is 10.7 Å². The summed E-state index contributed by atoms with van der Waals surface area (Å²) in [5, 5.41) is 10.0. The molecule has 4 heteroatoms. The molecule has 2 aliphatic rings. The Labute approximate surface area is 97.4 Å². The van der Waals surface area contributed by atoms with Crippen molar-refractivity contribution < 1.29 is 5.11 Å². The van der Waals surface area contributed by atoms with E-state index in [9.17, 15) is 5.11 Å². The molecule has 16 heavy (non-hydrogen) atoms. The summed E-state index contributed by atoms with van der Waals surface area (Å²) < 4.78 is 0. The summed E-state index contributed by atoms with van der Waals surface area (Å²) in [4.78, 5) is 6.42. The smallest absolute Gasteiger partial charge is 0.177 e. The zero-order valence-corrected chi connectivity index (χ0v) is 9.24. The van der Waals surface area contributed by atoms with Crippen LogP contribution in [-0.4, -0.2) is 16.5 Å². The lowest BCUT2D eigenvalue weighted by atomic mass is 10.0. The van der Waals surface area contributed by atoms with Crippen LogP contribution in [0.1, 0.15) is 0 Å². The van der Waals surface area contributed by atoms with Crippen LogP contribution in [0.4, 0.5) is 5.69 Å². The number of aliphatic hydroxyl groups is 1. The van der Waals surface area contributed by atoms with E-state index in [4.69, 9.17) is 5.73 Å². The Morgan fingerprint density at radius 3 is 3.00 bits per heavy atom. The number of hydrogen-bond donors (Lipinski definition) is 2. The average molecular weight is 230 g/mol. The van der Waals surface area contributed by atoms with Gasteiger partial charge in [-0.25, -0.2) is 4.99 Å². The predicted octanol–water partition coefficient (Wildman–Crippen LogP) is 1.97. The summed E-state index contributed by atoms with van der Waals surface area (Å²) in [5.74, 6) is 0. The van der Waals surface area contributed by atoms with Gasteiger partial charge in [-0.1, -0.05) is 30.0 Å². The van der Waals surface area contributed by atoms with Crippen LogP contribution in [0.5, 0.6) is 0 Å². The highest BCUT2D eigenvalue weighted by molar-refractivity contribution is 8.04. The van der Waals surface area contributed by atoms with Crippen molar-refractivity contribution in [1.29, 1.82) is 0 Å². The summed E-state index contributed by atoms with van der Waals surface area (Å²) in [6.45, 7) is 0. The van der Waals surface area contributed by atoms with Crippen molar-refractivity contribution in [3.05, 3.63) is 47.4 Å². The summed E-state index contributed by atoms with van der Waals surface area (Å²) in [6.07, 6.45) is 5.22. The fraction of sp³-hybridized carbons (Fsp3) is 0.0833. The highest BCUT2D eigenvalue weighted by Gasteiger charge is 2.33. The maximum absolute atomic E-state index is 10.0. The van der Waals surface area contributed by atoms with Gasteiger partial charge in [0.05, 0.1) is 5.69 Å². The van der Waals surface area contributed by atoms with Crippen molar-refractivity contribution in [3.63, 3.8) is 0 Å². The van der Waals surface area contributed by atoms with E-state index in [1.165, 1.54) is 0 Å². The fourth-order valence-corrected chi connectivity index (χ4v) is 2.79. The minimum absolute atomic E-state index is 0.527. The molecule has 3 rings (SSSR count). The first-order chi connectivity index (χ1) is 7.67. The van der Waals surface area contributed by atoms with Gasteiger partial charge in [-0.2, -0.15) is 0 Å². The SMILES string of the molecule is NC1(O)C=CC=C2Sc3ccccc3N=C21. The van der Waals surface area contributed by atoms with Gasteiger partial charge in [-0.05, 0) is 24.3 Å². The average Bonchev–Trinajstić information content (AvgIpc) is 2.27. The normalized spacial score (nSPS) is 26.6. The molecule has 1 aliphatic carbocycles. The van der Waals surface area contributed by atoms with Gasteiger partial charge in [0.15, 0.2) is 5.72 Å². The van der Waals surface area contributed by atoms with Gasteiger partial charge >= 0.3 is 0 Å². The van der Waals surface area contributed by atoms with Crippen molar-refractivity contribution in [1.82, 2.24) is 0 Å². The molecule has 0 fully saturated rings. The Balaban J connectivity index is 2.19. The Bertz CT molecular complexity index is 544. The van der Waals surface area contributed by atoms with Gasteiger partial charge in [0, 0.05) is 9.80 Å². The topological polar surface area (TPSA) is 58.6 Å². The minimum Gasteiger partial charge on any atom is -0.367 e. The number of nitrogens with two attached hydrogens (primary N) is 1. The number of benzene rings is 1. The molecule has 0 saturated carbocycles. The third-order valence-electron chi connectivity index (χ3n) is 2.53. The van der Waals surface area contributed by atoms with E-state index >= 15 is 0 Å². The van der Waals surface area contributed by atoms with E-state index < -0.39 is 5.72 Å². The molecule has 0 bridgehead atoms. The van der Waals surface area contributed by atoms with Gasteiger partial charge in [0.25, 0.3) is 0 Å². The first kappa shape index (κ1) is 9.84. The standard InChI is InChI=1S/C12H10N2OS/c13-12(15)7-3-6-10-11(12)14-8-4-1-2-5-9(8)16-10/h1-7,15H,13H2. The van der Waals surface area contributed by atoms with Crippen molar-refractivity contribution in [2.45, 2.75) is 10.6 Å². The van der Waals surface area contributed by atoms with Crippen LogP contribution in [-0.2, 0) is 0 Å². The third-order valence-corrected chi connectivity index (χ3v) is 3.64. The monoisotopic (exact) mass is 230 g/mol. The van der Waals surface area contributed by atoms with Crippen LogP contribution in [0.25, 0.3) is 0 Å². The molecular formula is C12H10N2OS. The van der Waals surface area contributed by atoms with Crippen LogP contribution in [0.3, 0.4) is 0 Å². The number of hydrogen-bond acceptors (Lipinski definition) is 4. The lowest BCUT2D eigenvalue weighted by molar-refractivity contribution is 0.171. The summed E-state index contributed by atoms with van der Waals surface area (Å²) in [7, 11) is 0. The lowest BCUT2D eigenvalue weighted by Gasteiger charge is -2.28. The van der Waals surface area contributed by atoms with Gasteiger partial charge in [0.2, 0.25) is 0 Å². The zero-order valence-electron chi connectivity index (χ0n) is 8.42. The maximum atomic E-state index is 10.0. The second-order valence-corrected chi connectivity index (χ2v) is 4.83. The van der Waals surface area contributed by atoms with E-state index in [1.807, 2.05) is 30.3 Å². The van der Waals surface area contributed by atoms with E-state index in [2.05, 4.69) is 4.99 Å². The zero-order chi connectivity index (χ0) is 11.2. The van der Waals surface area contributed by atoms with Crippen LogP contribution in [0, 0.1) is 0 Å². The molecule has 3 N–H and O–H groups in total. The molecule has 1 aromatic rings. The van der Waals surface area contributed by atoms with E-state index in [1.54, 1.807) is 23.9 Å². The van der Waals surface area contributed by atoms with Gasteiger partial charge < -0.3 is 5.11 Å². The van der Waals surface area contributed by atoms with Crippen LogP contribution in [0.2, 0.25) is 0 Å². The Kier molecular flexibility index (Phi) is 2.04. The third kappa shape index (κ3) is 1.43.